The van der Waals surface area contributed by atoms with Crippen LogP contribution in [0.15, 0.2) is 48.5 Å². The first-order valence-electron chi connectivity index (χ1n) is 24.6. The first-order chi connectivity index (χ1) is 35.9. The molecule has 2 heterocycles. The van der Waals surface area contributed by atoms with Crippen LogP contribution in [0.5, 0.6) is 0 Å². The van der Waals surface area contributed by atoms with Crippen molar-refractivity contribution in [3.05, 3.63) is 100 Å². The molecule has 0 bridgehead atoms. The van der Waals surface area contributed by atoms with Gasteiger partial charge in [-0.3, -0.25) is 14.4 Å². The fourth-order valence-corrected chi connectivity index (χ4v) is 9.94. The van der Waals surface area contributed by atoms with Gasteiger partial charge >= 0.3 is 24.1 Å². The molecule has 3 aromatic carbocycles. The second-order valence-electron chi connectivity index (χ2n) is 20.2. The van der Waals surface area contributed by atoms with E-state index in [1.54, 1.807) is 72.7 Å². The summed E-state index contributed by atoms with van der Waals surface area (Å²) in [7, 11) is 0. The van der Waals surface area contributed by atoms with Crippen LogP contribution in [0.4, 0.5) is 41.6 Å². The third kappa shape index (κ3) is 20.2. The van der Waals surface area contributed by atoms with Gasteiger partial charge in [0.1, 0.15) is 28.9 Å². The summed E-state index contributed by atoms with van der Waals surface area (Å²) in [6, 6.07) is 6.74. The van der Waals surface area contributed by atoms with Crippen molar-refractivity contribution in [3.63, 3.8) is 0 Å². The summed E-state index contributed by atoms with van der Waals surface area (Å²) in [4.78, 5) is 90.1. The summed E-state index contributed by atoms with van der Waals surface area (Å²) in [5, 5.41) is 18.3. The molecule has 25 heteroatoms. The summed E-state index contributed by atoms with van der Waals surface area (Å²) in [5.41, 5.74) is -0.675. The van der Waals surface area contributed by atoms with Crippen molar-refractivity contribution in [1.82, 2.24) is 25.8 Å². The van der Waals surface area contributed by atoms with Crippen LogP contribution in [-0.2, 0) is 57.6 Å². The highest BCUT2D eigenvalue weighted by molar-refractivity contribution is 8.01. The zero-order valence-electron chi connectivity index (χ0n) is 44.2. The maximum Gasteiger partial charge on any atom is 0.407 e. The maximum atomic E-state index is 14.5. The van der Waals surface area contributed by atoms with E-state index in [-0.39, 0.29) is 74.9 Å². The lowest BCUT2D eigenvalue weighted by Gasteiger charge is -2.27. The Morgan fingerprint density at radius 1 is 0.662 bits per heavy atom. The van der Waals surface area contributed by atoms with Gasteiger partial charge in [-0.25, -0.2) is 45.5 Å². The summed E-state index contributed by atoms with van der Waals surface area (Å²) < 4.78 is 98.3. The first kappa shape index (κ1) is 63.2. The monoisotopic (exact) mass is 1130 g/mol. The Kier molecular flexibility index (Phi) is 23.2. The number of hydrogen-bond acceptors (Lipinski definition) is 13. The Hall–Kier alpha value is -6.37. The van der Waals surface area contributed by atoms with Crippen LogP contribution in [0, 0.1) is 40.8 Å². The standard InChI is InChI=1S/C33H43F3N4O6S.C19H23F3N2O5S/c1-7-45-31(43)28(19(2)3)38-22-10-8-20(9-11-22)18-37-29(42)30-40(12-13-47-30)27(41)16-23(39-32(44)46-33(4,5)6)14-21-15-25(35)26(36)17-24(21)34;1-19(2,3)29-18(28)23-11(6-10-7-13(21)14(22)9-12(10)20)8-15(25)24-4-5-30-16(24)17(26)27/h8-11,15,17,19,23,28,30,38H,7,12-14,16,18H2,1-6H3,(H,37,42)(H,39,44);7,9,11,16H,4-6,8H2,1-3H3,(H,23,28)(H,26,27)/t23-,28+,30+;/m1./s1. The topological polar surface area (TPSA) is 222 Å². The zero-order valence-corrected chi connectivity index (χ0v) is 45.8. The number of amides is 5. The smallest absolute Gasteiger partial charge is 0.407 e. The van der Waals surface area contributed by atoms with Gasteiger partial charge in [0.2, 0.25) is 11.8 Å². The van der Waals surface area contributed by atoms with Crippen molar-refractivity contribution in [3.8, 4) is 0 Å². The van der Waals surface area contributed by atoms with Crippen molar-refractivity contribution in [2.75, 3.05) is 36.5 Å². The van der Waals surface area contributed by atoms with Gasteiger partial charge < -0.3 is 50.4 Å². The lowest BCUT2D eigenvalue weighted by molar-refractivity contribution is -0.145. The predicted molar refractivity (Wildman–Crippen MR) is 276 cm³/mol. The highest BCUT2D eigenvalue weighted by Crippen LogP contribution is 2.28. The maximum absolute atomic E-state index is 14.5. The number of nitrogens with zero attached hydrogens (tertiary/aromatic N) is 2. The minimum Gasteiger partial charge on any atom is -0.479 e. The number of benzene rings is 3. The number of carboxylic acids is 1. The molecule has 5 amide bonds. The number of carboxylic acid groups (broad SMARTS) is 1. The predicted octanol–water partition coefficient (Wildman–Crippen LogP) is 8.06. The molecule has 5 rings (SSSR count). The second-order valence-corrected chi connectivity index (χ2v) is 22.6. The third-order valence-electron chi connectivity index (χ3n) is 11.2. The molecule has 0 aliphatic carbocycles. The molecule has 424 valence electrons. The van der Waals surface area contributed by atoms with Gasteiger partial charge in [-0.1, -0.05) is 26.0 Å². The number of anilines is 1. The molecule has 2 aliphatic heterocycles. The van der Waals surface area contributed by atoms with Gasteiger partial charge in [-0.2, -0.15) is 0 Å². The molecule has 2 unspecified atom stereocenters. The van der Waals surface area contributed by atoms with E-state index in [2.05, 4.69) is 21.3 Å². The Balaban J connectivity index is 0.000000367. The van der Waals surface area contributed by atoms with Crippen molar-refractivity contribution in [2.24, 2.45) is 5.92 Å². The molecular weight excluding hydrogens is 1060 g/mol. The number of ether oxygens (including phenoxy) is 3. The molecule has 77 heavy (non-hydrogen) atoms. The average molecular weight is 1130 g/mol. The number of carbonyl (C=O) groups is 7. The van der Waals surface area contributed by atoms with Gasteiger partial charge in [0.25, 0.3) is 5.91 Å². The van der Waals surface area contributed by atoms with Crippen LogP contribution in [-0.4, -0.2) is 128 Å². The van der Waals surface area contributed by atoms with Crippen LogP contribution in [0.25, 0.3) is 0 Å². The average Bonchev–Trinajstić information content (AvgIpc) is 4.02. The van der Waals surface area contributed by atoms with E-state index in [9.17, 15) is 65.0 Å². The van der Waals surface area contributed by atoms with E-state index < -0.39 is 111 Å². The van der Waals surface area contributed by atoms with Crippen molar-refractivity contribution in [2.45, 2.75) is 135 Å². The Bertz CT molecular complexity index is 2590. The fourth-order valence-electron chi connectivity index (χ4n) is 7.70. The highest BCUT2D eigenvalue weighted by atomic mass is 32.2. The largest absolute Gasteiger partial charge is 0.479 e. The number of thioether (sulfide) groups is 2. The van der Waals surface area contributed by atoms with Gasteiger partial charge in [-0.15, -0.1) is 23.5 Å². The number of aliphatic carboxylic acids is 1. The normalized spacial score (nSPS) is 16.6. The molecule has 2 saturated heterocycles. The number of esters is 1. The number of alkyl carbamates (subject to hydrolysis) is 2. The van der Waals surface area contributed by atoms with E-state index in [1.165, 1.54) is 16.7 Å². The van der Waals surface area contributed by atoms with Crippen molar-refractivity contribution in [1.29, 1.82) is 0 Å². The molecule has 0 saturated carbocycles. The Morgan fingerprint density at radius 3 is 1.51 bits per heavy atom. The summed E-state index contributed by atoms with van der Waals surface area (Å²) in [5.74, 6) is -9.35. The van der Waals surface area contributed by atoms with Crippen LogP contribution >= 0.6 is 23.5 Å². The molecule has 3 aromatic rings. The van der Waals surface area contributed by atoms with Crippen molar-refractivity contribution < 1.29 is 79.2 Å². The molecule has 0 aromatic heterocycles. The van der Waals surface area contributed by atoms with E-state index in [4.69, 9.17) is 14.2 Å². The third-order valence-corrected chi connectivity index (χ3v) is 13.6. The van der Waals surface area contributed by atoms with Crippen LogP contribution in [0.1, 0.15) is 91.8 Å². The number of hydrogen-bond donors (Lipinski definition) is 5. The quantitative estimate of drug-likeness (QED) is 0.0332. The van der Waals surface area contributed by atoms with E-state index in [0.29, 0.717) is 41.5 Å². The van der Waals surface area contributed by atoms with Gasteiger partial charge in [0, 0.05) is 73.9 Å². The SMILES string of the molecule is CC(C)(C)OC(=O)NC(CC(=O)N1CCSC1C(=O)O)Cc1cc(F)c(F)cc1F.CCOC(=O)[C@@H](Nc1ccc(CNC(=O)[C@@H]2SCCN2C(=O)C[C@@H](Cc2cc(F)c(F)cc2F)NC(=O)OC(C)(C)C)cc1)C(C)C. The Morgan fingerprint density at radius 2 is 1.09 bits per heavy atom. The minimum atomic E-state index is -1.36. The lowest BCUT2D eigenvalue weighted by Crippen LogP contribution is -2.48. The molecule has 17 nitrogen and oxygen atoms in total. The summed E-state index contributed by atoms with van der Waals surface area (Å²) >= 11 is 2.36. The minimum absolute atomic E-state index is 0.00183. The molecule has 2 fully saturated rings. The van der Waals surface area contributed by atoms with Crippen LogP contribution in [0.3, 0.4) is 0 Å². The molecule has 2 aliphatic rings. The van der Waals surface area contributed by atoms with Crippen molar-refractivity contribution >= 4 is 71.1 Å². The lowest BCUT2D eigenvalue weighted by atomic mass is 10.0. The Labute approximate surface area is 451 Å². The number of halogens is 6. The van der Waals surface area contributed by atoms with E-state index in [1.807, 2.05) is 13.8 Å². The van der Waals surface area contributed by atoms with E-state index >= 15 is 0 Å². The molecular formula is C52H66F6N6O11S2. The fraction of sp³-hybridized carbons (Fsp3) is 0.519. The summed E-state index contributed by atoms with van der Waals surface area (Å²) in [6.45, 7) is 16.3. The highest BCUT2D eigenvalue weighted by Gasteiger charge is 2.38. The summed E-state index contributed by atoms with van der Waals surface area (Å²) in [6.07, 6.45) is -3.12. The molecule has 5 N–H and O–H groups in total. The van der Waals surface area contributed by atoms with Gasteiger partial charge in [0.15, 0.2) is 34.0 Å². The van der Waals surface area contributed by atoms with E-state index in [0.717, 1.165) is 22.2 Å². The zero-order chi connectivity index (χ0) is 57.5. The number of rotatable bonds is 19. The molecule has 5 atom stereocenters. The number of carbonyl (C=O) groups excluding carboxylic acids is 6. The van der Waals surface area contributed by atoms with Gasteiger partial charge in [-0.05, 0) is 108 Å². The van der Waals surface area contributed by atoms with Crippen LogP contribution in [0.2, 0.25) is 0 Å². The molecule has 0 spiro atoms. The van der Waals surface area contributed by atoms with Crippen LogP contribution < -0.4 is 21.3 Å². The second kappa shape index (κ2) is 28.3. The molecule has 0 radical (unpaired) electrons. The first-order valence-corrected chi connectivity index (χ1v) is 26.7. The van der Waals surface area contributed by atoms with Gasteiger partial charge in [0.05, 0.1) is 6.61 Å². The number of nitrogens with one attached hydrogen (secondary N) is 4.